The van der Waals surface area contributed by atoms with Crippen molar-refractivity contribution in [2.75, 3.05) is 0 Å². The molecule has 1 heterocycles. The zero-order chi connectivity index (χ0) is 19.9. The second kappa shape index (κ2) is 8.80. The third-order valence-corrected chi connectivity index (χ3v) is 2.85. The van der Waals surface area contributed by atoms with Crippen LogP contribution in [0.4, 0.5) is 13.2 Å². The first-order valence-electron chi connectivity index (χ1n) is 6.57. The van der Waals surface area contributed by atoms with Crippen molar-refractivity contribution in [3.63, 3.8) is 0 Å². The molecule has 26 heavy (non-hydrogen) atoms. The molecule has 0 radical (unpaired) electrons. The fourth-order valence-electron chi connectivity index (χ4n) is 1.48. The number of nitrogens with two attached hydrogens (primary N) is 1. The number of halogens is 4. The first-order valence-corrected chi connectivity index (χ1v) is 6.94. The number of nitrogens with zero attached hydrogens (tertiary/aromatic N) is 4. The van der Waals surface area contributed by atoms with Crippen LogP contribution < -0.4 is 11.1 Å². The van der Waals surface area contributed by atoms with Crippen molar-refractivity contribution in [2.45, 2.75) is 12.7 Å². The van der Waals surface area contributed by atoms with E-state index in [-0.39, 0.29) is 12.2 Å². The number of benzene rings is 1. The number of aromatic nitrogens is 4. The van der Waals surface area contributed by atoms with Crippen LogP contribution in [-0.4, -0.2) is 43.4 Å². The lowest BCUT2D eigenvalue weighted by Gasteiger charge is -2.10. The molecular weight excluding hydrogens is 381 g/mol. The van der Waals surface area contributed by atoms with Gasteiger partial charge in [-0.2, -0.15) is 13.2 Å². The van der Waals surface area contributed by atoms with Gasteiger partial charge in [-0.15, -0.1) is 5.10 Å². The molecule has 9 nitrogen and oxygen atoms in total. The van der Waals surface area contributed by atoms with Crippen LogP contribution in [0.3, 0.4) is 0 Å². The Hall–Kier alpha value is -3.15. The van der Waals surface area contributed by atoms with Gasteiger partial charge in [-0.3, -0.25) is 4.79 Å². The highest BCUT2D eigenvalue weighted by molar-refractivity contribution is 6.30. The third-order valence-electron chi connectivity index (χ3n) is 2.61. The molecule has 0 aliphatic rings. The van der Waals surface area contributed by atoms with Crippen LogP contribution in [-0.2, 0) is 16.1 Å². The lowest BCUT2D eigenvalue weighted by Crippen LogP contribution is -2.27. The summed E-state index contributed by atoms with van der Waals surface area (Å²) in [4.78, 5) is 20.3. The molecule has 0 fully saturated rings. The first-order chi connectivity index (χ1) is 12.0. The van der Waals surface area contributed by atoms with Crippen LogP contribution in [0.1, 0.15) is 5.56 Å². The van der Waals surface area contributed by atoms with Gasteiger partial charge in [0.15, 0.2) is 0 Å². The highest BCUT2D eigenvalue weighted by Gasteiger charge is 2.38. The average Bonchev–Trinajstić information content (AvgIpc) is 3.06. The Morgan fingerprint density at radius 1 is 1.38 bits per heavy atom. The molecule has 4 N–H and O–H groups in total. The van der Waals surface area contributed by atoms with Crippen LogP contribution in [0.5, 0.6) is 0 Å². The highest BCUT2D eigenvalue weighted by atomic mass is 35.5. The van der Waals surface area contributed by atoms with Gasteiger partial charge in [-0.1, -0.05) is 18.2 Å². The van der Waals surface area contributed by atoms with E-state index in [4.69, 9.17) is 27.2 Å². The normalized spacial score (nSPS) is 10.5. The second-order valence-corrected chi connectivity index (χ2v) is 4.97. The fraction of sp³-hybridized carbons (Fsp3) is 0.154. The molecular formula is C13H12ClF3N6O3. The molecule has 1 amide bonds. The van der Waals surface area contributed by atoms with Crippen LogP contribution in [0.15, 0.2) is 36.8 Å². The Kier molecular flexibility index (Phi) is 7.07. The van der Waals surface area contributed by atoms with Crippen molar-refractivity contribution in [1.29, 1.82) is 0 Å². The molecule has 13 heteroatoms. The van der Waals surface area contributed by atoms with Crippen LogP contribution in [0.25, 0.3) is 5.69 Å². The Morgan fingerprint density at radius 2 is 2.00 bits per heavy atom. The molecule has 0 aliphatic carbocycles. The summed E-state index contributed by atoms with van der Waals surface area (Å²) in [6.45, 7) is 3.60. The molecule has 2 rings (SSSR count). The number of carbonyl (C=O) groups excluding carboxylic acids is 1. The molecule has 0 spiro atoms. The summed E-state index contributed by atoms with van der Waals surface area (Å²) in [6.07, 6.45) is -3.63. The number of carboxylic acid groups (broad SMARTS) is 1. The number of nitrogens with one attached hydrogen (secondary N) is 1. The van der Waals surface area contributed by atoms with Crippen molar-refractivity contribution in [3.05, 3.63) is 47.4 Å². The molecule has 0 atom stereocenters. The number of hydrogen-bond donors (Lipinski definition) is 3. The summed E-state index contributed by atoms with van der Waals surface area (Å²) >= 11 is 5.94. The topological polar surface area (TPSA) is 136 Å². The van der Waals surface area contributed by atoms with Gasteiger partial charge < -0.3 is 16.2 Å². The Balaban J connectivity index is 0.000000412. The number of carboxylic acids is 1. The number of tetrazole rings is 1. The van der Waals surface area contributed by atoms with Crippen LogP contribution in [0.2, 0.25) is 5.02 Å². The van der Waals surface area contributed by atoms with Crippen LogP contribution >= 0.6 is 11.6 Å². The van der Waals surface area contributed by atoms with E-state index in [0.29, 0.717) is 5.02 Å². The number of hydrogen-bond acceptors (Lipinski definition) is 6. The highest BCUT2D eigenvalue weighted by Crippen LogP contribution is 2.18. The van der Waals surface area contributed by atoms with Gasteiger partial charge in [-0.05, 0) is 34.2 Å². The predicted molar refractivity (Wildman–Crippen MR) is 83.0 cm³/mol. The van der Waals surface area contributed by atoms with E-state index in [2.05, 4.69) is 27.4 Å². The maximum absolute atomic E-state index is 11.4. The predicted octanol–water partition coefficient (Wildman–Crippen LogP) is 1.04. The van der Waals surface area contributed by atoms with Crippen molar-refractivity contribution in [3.8, 4) is 5.69 Å². The smallest absolute Gasteiger partial charge is 0.475 e. The van der Waals surface area contributed by atoms with E-state index in [1.807, 2.05) is 0 Å². The molecule has 1 aromatic heterocycles. The molecule has 0 bridgehead atoms. The minimum Gasteiger partial charge on any atom is -0.475 e. The summed E-state index contributed by atoms with van der Waals surface area (Å²) in [5.74, 6) is -3.19. The van der Waals surface area contributed by atoms with E-state index in [9.17, 15) is 18.0 Å². The van der Waals surface area contributed by atoms with Gasteiger partial charge in [-0.25, -0.2) is 9.48 Å². The minimum atomic E-state index is -5.08. The van der Waals surface area contributed by atoms with Gasteiger partial charge in [0.2, 0.25) is 0 Å². The Bertz CT molecular complexity index is 795. The summed E-state index contributed by atoms with van der Waals surface area (Å²) in [6, 6.07) is 5.20. The summed E-state index contributed by atoms with van der Waals surface area (Å²) in [5, 5.41) is 21.2. The largest absolute Gasteiger partial charge is 0.490 e. The number of carbonyl (C=O) groups is 2. The van der Waals surface area contributed by atoms with E-state index >= 15 is 0 Å². The van der Waals surface area contributed by atoms with Gasteiger partial charge in [0.1, 0.15) is 6.33 Å². The van der Waals surface area contributed by atoms with Crippen LogP contribution in [0, 0.1) is 0 Å². The molecule has 0 saturated carbocycles. The first kappa shape index (κ1) is 20.9. The minimum absolute atomic E-state index is 0.0500. The lowest BCUT2D eigenvalue weighted by molar-refractivity contribution is -0.192. The van der Waals surface area contributed by atoms with Gasteiger partial charge in [0.05, 0.1) is 11.4 Å². The van der Waals surface area contributed by atoms with E-state index in [1.165, 1.54) is 11.0 Å². The molecule has 2 aromatic rings. The van der Waals surface area contributed by atoms with Crippen molar-refractivity contribution in [1.82, 2.24) is 25.5 Å². The average molecular weight is 393 g/mol. The van der Waals surface area contributed by atoms with E-state index in [1.54, 1.807) is 18.2 Å². The SMILES string of the molecule is C=C(N)C(=O)NCc1cc(Cl)ccc1-n1cnnn1.O=C(O)C(F)(F)F. The number of alkyl halides is 3. The van der Waals surface area contributed by atoms with Crippen molar-refractivity contribution in [2.24, 2.45) is 5.73 Å². The van der Waals surface area contributed by atoms with Crippen molar-refractivity contribution < 1.29 is 27.9 Å². The molecule has 0 unspecified atom stereocenters. The van der Waals surface area contributed by atoms with Gasteiger partial charge >= 0.3 is 12.1 Å². The molecule has 0 saturated heterocycles. The summed E-state index contributed by atoms with van der Waals surface area (Å²) in [5.41, 5.74) is 6.72. The molecule has 140 valence electrons. The van der Waals surface area contributed by atoms with Crippen molar-refractivity contribution >= 4 is 23.5 Å². The summed E-state index contributed by atoms with van der Waals surface area (Å²) in [7, 11) is 0. The summed E-state index contributed by atoms with van der Waals surface area (Å²) < 4.78 is 33.2. The monoisotopic (exact) mass is 392 g/mol. The van der Waals surface area contributed by atoms with Gasteiger partial charge in [0.25, 0.3) is 5.91 Å². The maximum Gasteiger partial charge on any atom is 0.490 e. The Morgan fingerprint density at radius 3 is 2.46 bits per heavy atom. The standard InChI is InChI=1S/C11H11ClN6O.C2HF3O2/c1-7(13)11(19)14-5-8-4-9(12)2-3-10(8)18-6-15-16-17-18;3-2(4,5)1(6)7/h2-4,6H,1,5,13H2,(H,14,19);(H,6,7). The van der Waals surface area contributed by atoms with Gasteiger partial charge in [0, 0.05) is 11.6 Å². The van der Waals surface area contributed by atoms with E-state index < -0.39 is 18.1 Å². The zero-order valence-electron chi connectivity index (χ0n) is 12.9. The molecule has 0 aliphatic heterocycles. The number of rotatable bonds is 4. The second-order valence-electron chi connectivity index (χ2n) is 4.54. The zero-order valence-corrected chi connectivity index (χ0v) is 13.6. The fourth-order valence-corrected chi connectivity index (χ4v) is 1.67. The lowest BCUT2D eigenvalue weighted by atomic mass is 10.1. The molecule has 1 aromatic carbocycles. The number of aliphatic carboxylic acids is 1. The third kappa shape index (κ3) is 6.39. The maximum atomic E-state index is 11.4. The Labute approximate surface area is 149 Å². The quantitative estimate of drug-likeness (QED) is 0.661. The van der Waals surface area contributed by atoms with E-state index in [0.717, 1.165) is 11.3 Å². The number of amides is 1.